The standard InChI is InChI=1S/C17H18N4O2/c1-22-13-7-5-6-12(10-13)21-17(15(11-18)19-20-21)14-8-3-4-9-16(14)23-2/h3-10H,11,18H2,1-2H3. The summed E-state index contributed by atoms with van der Waals surface area (Å²) in [6.45, 7) is 0.289. The predicted molar refractivity (Wildman–Crippen MR) is 87.8 cm³/mol. The van der Waals surface area contributed by atoms with Crippen LogP contribution in [0.2, 0.25) is 0 Å². The molecule has 0 aliphatic rings. The van der Waals surface area contributed by atoms with Crippen molar-refractivity contribution in [2.24, 2.45) is 5.73 Å². The highest BCUT2D eigenvalue weighted by molar-refractivity contribution is 5.71. The summed E-state index contributed by atoms with van der Waals surface area (Å²) in [5.41, 5.74) is 9.11. The molecule has 118 valence electrons. The van der Waals surface area contributed by atoms with E-state index in [1.165, 1.54) is 0 Å². The molecular weight excluding hydrogens is 292 g/mol. The second kappa shape index (κ2) is 6.50. The third-order valence-electron chi connectivity index (χ3n) is 3.59. The topological polar surface area (TPSA) is 75.2 Å². The van der Waals surface area contributed by atoms with Gasteiger partial charge in [0.25, 0.3) is 0 Å². The maximum Gasteiger partial charge on any atom is 0.128 e. The molecule has 0 unspecified atom stereocenters. The quantitative estimate of drug-likeness (QED) is 0.783. The van der Waals surface area contributed by atoms with Crippen molar-refractivity contribution in [1.82, 2.24) is 15.0 Å². The molecule has 3 aromatic rings. The summed E-state index contributed by atoms with van der Waals surface area (Å²) in [4.78, 5) is 0. The summed E-state index contributed by atoms with van der Waals surface area (Å²) in [6.07, 6.45) is 0. The van der Waals surface area contributed by atoms with Crippen LogP contribution in [-0.4, -0.2) is 29.2 Å². The van der Waals surface area contributed by atoms with Gasteiger partial charge in [-0.15, -0.1) is 5.10 Å². The van der Waals surface area contributed by atoms with E-state index in [1.807, 2.05) is 48.5 Å². The first kappa shape index (κ1) is 15.1. The summed E-state index contributed by atoms with van der Waals surface area (Å²) >= 11 is 0. The zero-order chi connectivity index (χ0) is 16.2. The molecule has 0 aliphatic carbocycles. The van der Waals surface area contributed by atoms with E-state index in [-0.39, 0.29) is 6.54 Å². The van der Waals surface area contributed by atoms with Crippen molar-refractivity contribution < 1.29 is 9.47 Å². The van der Waals surface area contributed by atoms with Crippen LogP contribution < -0.4 is 15.2 Å². The molecule has 0 fully saturated rings. The van der Waals surface area contributed by atoms with Crippen LogP contribution in [0.3, 0.4) is 0 Å². The maximum absolute atomic E-state index is 5.85. The zero-order valence-electron chi connectivity index (χ0n) is 13.1. The molecule has 0 aliphatic heterocycles. The van der Waals surface area contributed by atoms with E-state index in [4.69, 9.17) is 15.2 Å². The Labute approximate surface area is 134 Å². The summed E-state index contributed by atoms with van der Waals surface area (Å²) in [7, 11) is 3.27. The molecule has 0 radical (unpaired) electrons. The fourth-order valence-electron chi connectivity index (χ4n) is 2.48. The maximum atomic E-state index is 5.85. The molecule has 0 amide bonds. The summed E-state index contributed by atoms with van der Waals surface area (Å²) in [5, 5.41) is 8.47. The van der Waals surface area contributed by atoms with Crippen molar-refractivity contribution in [3.8, 4) is 28.4 Å². The molecule has 0 atom stereocenters. The Morgan fingerprint density at radius 2 is 1.87 bits per heavy atom. The fraction of sp³-hybridized carbons (Fsp3) is 0.176. The average Bonchev–Trinajstić information content (AvgIpc) is 3.05. The minimum Gasteiger partial charge on any atom is -0.497 e. The first-order valence-electron chi connectivity index (χ1n) is 7.21. The molecule has 1 aromatic heterocycles. The van der Waals surface area contributed by atoms with E-state index in [0.717, 1.165) is 28.4 Å². The van der Waals surface area contributed by atoms with Gasteiger partial charge in [-0.2, -0.15) is 0 Å². The lowest BCUT2D eigenvalue weighted by atomic mass is 10.1. The molecule has 0 bridgehead atoms. The highest BCUT2D eigenvalue weighted by Crippen LogP contribution is 2.33. The monoisotopic (exact) mass is 310 g/mol. The van der Waals surface area contributed by atoms with Gasteiger partial charge in [-0.05, 0) is 24.3 Å². The molecule has 0 spiro atoms. The Kier molecular flexibility index (Phi) is 4.25. The van der Waals surface area contributed by atoms with Crippen LogP contribution in [0.1, 0.15) is 5.69 Å². The number of benzene rings is 2. The smallest absolute Gasteiger partial charge is 0.128 e. The lowest BCUT2D eigenvalue weighted by Gasteiger charge is -2.12. The van der Waals surface area contributed by atoms with Crippen LogP contribution in [-0.2, 0) is 6.54 Å². The van der Waals surface area contributed by atoms with Crippen molar-refractivity contribution in [2.75, 3.05) is 14.2 Å². The van der Waals surface area contributed by atoms with E-state index < -0.39 is 0 Å². The fourth-order valence-corrected chi connectivity index (χ4v) is 2.48. The third kappa shape index (κ3) is 2.76. The number of ether oxygens (including phenoxy) is 2. The van der Waals surface area contributed by atoms with Gasteiger partial charge in [-0.1, -0.05) is 23.4 Å². The predicted octanol–water partition coefficient (Wildman–Crippen LogP) is 2.41. The molecular formula is C17H18N4O2. The first-order valence-corrected chi connectivity index (χ1v) is 7.21. The minimum atomic E-state index is 0.289. The van der Waals surface area contributed by atoms with Crippen LogP contribution in [0.4, 0.5) is 0 Å². The zero-order valence-corrected chi connectivity index (χ0v) is 13.1. The van der Waals surface area contributed by atoms with Gasteiger partial charge in [0.2, 0.25) is 0 Å². The van der Waals surface area contributed by atoms with E-state index >= 15 is 0 Å². The Morgan fingerprint density at radius 1 is 1.04 bits per heavy atom. The molecule has 2 aromatic carbocycles. The molecule has 1 heterocycles. The second-order valence-corrected chi connectivity index (χ2v) is 4.90. The highest BCUT2D eigenvalue weighted by atomic mass is 16.5. The van der Waals surface area contributed by atoms with Gasteiger partial charge < -0.3 is 15.2 Å². The Hall–Kier alpha value is -2.86. The molecule has 3 rings (SSSR count). The van der Waals surface area contributed by atoms with Crippen molar-refractivity contribution in [3.63, 3.8) is 0 Å². The van der Waals surface area contributed by atoms with Crippen LogP contribution in [0.15, 0.2) is 48.5 Å². The summed E-state index contributed by atoms with van der Waals surface area (Å²) in [5.74, 6) is 1.49. The van der Waals surface area contributed by atoms with E-state index in [2.05, 4.69) is 10.3 Å². The highest BCUT2D eigenvalue weighted by Gasteiger charge is 2.18. The van der Waals surface area contributed by atoms with Gasteiger partial charge in [0.05, 0.1) is 19.9 Å². The number of hydrogen-bond acceptors (Lipinski definition) is 5. The molecule has 6 heteroatoms. The third-order valence-corrected chi connectivity index (χ3v) is 3.59. The van der Waals surface area contributed by atoms with Gasteiger partial charge in [0.15, 0.2) is 0 Å². The lowest BCUT2D eigenvalue weighted by Crippen LogP contribution is -2.04. The van der Waals surface area contributed by atoms with Gasteiger partial charge in [0, 0.05) is 18.2 Å². The molecule has 23 heavy (non-hydrogen) atoms. The Morgan fingerprint density at radius 3 is 2.61 bits per heavy atom. The van der Waals surface area contributed by atoms with Crippen molar-refractivity contribution >= 4 is 0 Å². The number of nitrogens with zero attached hydrogens (tertiary/aromatic N) is 3. The Bertz CT molecular complexity index is 814. The SMILES string of the molecule is COc1cccc(-n2nnc(CN)c2-c2ccccc2OC)c1. The second-order valence-electron chi connectivity index (χ2n) is 4.90. The molecule has 0 saturated heterocycles. The summed E-state index contributed by atoms with van der Waals surface area (Å²) in [6, 6.07) is 15.4. The number of aromatic nitrogens is 3. The first-order chi connectivity index (χ1) is 11.3. The van der Waals surface area contributed by atoms with Gasteiger partial charge >= 0.3 is 0 Å². The van der Waals surface area contributed by atoms with E-state index in [9.17, 15) is 0 Å². The van der Waals surface area contributed by atoms with Crippen LogP contribution in [0.25, 0.3) is 16.9 Å². The number of methoxy groups -OCH3 is 2. The number of para-hydroxylation sites is 1. The summed E-state index contributed by atoms with van der Waals surface area (Å²) < 4.78 is 12.5. The van der Waals surface area contributed by atoms with E-state index in [0.29, 0.717) is 5.69 Å². The number of rotatable bonds is 5. The largest absolute Gasteiger partial charge is 0.497 e. The van der Waals surface area contributed by atoms with Crippen molar-refractivity contribution in [3.05, 3.63) is 54.2 Å². The van der Waals surface area contributed by atoms with Crippen LogP contribution in [0, 0.1) is 0 Å². The van der Waals surface area contributed by atoms with Gasteiger partial charge in [-0.3, -0.25) is 0 Å². The number of nitrogens with two attached hydrogens (primary N) is 1. The minimum absolute atomic E-state index is 0.289. The van der Waals surface area contributed by atoms with Crippen LogP contribution >= 0.6 is 0 Å². The van der Waals surface area contributed by atoms with Gasteiger partial charge in [0.1, 0.15) is 22.9 Å². The molecule has 2 N–H and O–H groups in total. The average molecular weight is 310 g/mol. The Balaban J connectivity index is 2.22. The van der Waals surface area contributed by atoms with Crippen molar-refractivity contribution in [2.45, 2.75) is 6.54 Å². The van der Waals surface area contributed by atoms with Gasteiger partial charge in [-0.25, -0.2) is 4.68 Å². The van der Waals surface area contributed by atoms with Crippen LogP contribution in [0.5, 0.6) is 11.5 Å². The van der Waals surface area contributed by atoms with Crippen molar-refractivity contribution in [1.29, 1.82) is 0 Å². The lowest BCUT2D eigenvalue weighted by molar-refractivity contribution is 0.414. The van der Waals surface area contributed by atoms with E-state index in [1.54, 1.807) is 18.9 Å². The molecule has 0 saturated carbocycles. The number of hydrogen-bond donors (Lipinski definition) is 1. The normalized spacial score (nSPS) is 10.6. The molecule has 6 nitrogen and oxygen atoms in total.